The van der Waals surface area contributed by atoms with Crippen molar-refractivity contribution in [1.29, 1.82) is 0 Å². The van der Waals surface area contributed by atoms with Gasteiger partial charge in [0.05, 0.1) is 0 Å². The summed E-state index contributed by atoms with van der Waals surface area (Å²) < 4.78 is 0. The first kappa shape index (κ1) is 30.7. The van der Waals surface area contributed by atoms with Crippen LogP contribution in [0.25, 0.3) is 22.0 Å². The molecule has 1 heterocycles. The Morgan fingerprint density at radius 1 is 0.857 bits per heavy atom. The van der Waals surface area contributed by atoms with Crippen molar-refractivity contribution in [2.45, 2.75) is 76.2 Å². The predicted octanol–water partition coefficient (Wildman–Crippen LogP) is 8.33. The van der Waals surface area contributed by atoms with Crippen molar-refractivity contribution in [3.8, 4) is 11.3 Å². The summed E-state index contributed by atoms with van der Waals surface area (Å²) >= 11 is 0. The van der Waals surface area contributed by atoms with Gasteiger partial charge in [-0.3, -0.25) is 4.79 Å². The third kappa shape index (κ3) is 7.85. The van der Waals surface area contributed by atoms with Crippen molar-refractivity contribution >= 4 is 16.6 Å². The van der Waals surface area contributed by atoms with Crippen LogP contribution in [0, 0.1) is 51.5 Å². The molecule has 191 valence electrons. The van der Waals surface area contributed by atoms with Gasteiger partial charge >= 0.3 is 0 Å². The molecule has 0 aliphatic carbocycles. The number of fused-ring (bicyclic) bond motifs is 1. The number of aliphatic hydroxyl groups excluding tert-OH is 1. The van der Waals surface area contributed by atoms with Gasteiger partial charge in [0.15, 0.2) is 5.78 Å². The second-order valence-electron chi connectivity index (χ2n) is 11.4. The van der Waals surface area contributed by atoms with Crippen LogP contribution in [0.3, 0.4) is 0 Å². The van der Waals surface area contributed by atoms with Gasteiger partial charge in [0.25, 0.3) is 0 Å². The first-order valence-electron chi connectivity index (χ1n) is 11.8. The summed E-state index contributed by atoms with van der Waals surface area (Å²) in [5, 5.41) is 12.1. The molecule has 3 nitrogen and oxygen atoms in total. The first-order valence-corrected chi connectivity index (χ1v) is 11.8. The van der Waals surface area contributed by atoms with Crippen LogP contribution in [-0.4, -0.2) is 15.9 Å². The van der Waals surface area contributed by atoms with E-state index in [0.717, 1.165) is 11.3 Å². The van der Waals surface area contributed by atoms with E-state index < -0.39 is 5.41 Å². The minimum absolute atomic E-state index is 0. The summed E-state index contributed by atoms with van der Waals surface area (Å²) in [5.74, 6) is 0.104. The number of rotatable bonds is 2. The minimum Gasteiger partial charge on any atom is -0.512 e. The second kappa shape index (κ2) is 11.6. The number of benzene rings is 2. The van der Waals surface area contributed by atoms with Gasteiger partial charge in [0.2, 0.25) is 0 Å². The van der Waals surface area contributed by atoms with Crippen LogP contribution in [0.4, 0.5) is 0 Å². The molecule has 3 aromatic rings. The summed E-state index contributed by atoms with van der Waals surface area (Å²) in [6.07, 6.45) is 3.30. The van der Waals surface area contributed by atoms with Crippen LogP contribution < -0.4 is 0 Å². The number of hydrogen-bond acceptors (Lipinski definition) is 3. The maximum absolute atomic E-state index is 11.5. The number of hydrogen-bond donors (Lipinski definition) is 1. The van der Waals surface area contributed by atoms with Gasteiger partial charge in [0.1, 0.15) is 5.76 Å². The molecular weight excluding hydrogens is 611 g/mol. The van der Waals surface area contributed by atoms with Gasteiger partial charge in [-0.1, -0.05) is 86.1 Å². The SMILES string of the molecule is CC(C)(C)C(=O)/C=C(\O)C(C)(C)C.Cc1ccc2c(C)cnc(-c3[c-]c(C)c(C)cc3C)c2c1.[Ir]. The van der Waals surface area contributed by atoms with Gasteiger partial charge in [0, 0.05) is 43.2 Å². The molecule has 1 aromatic heterocycles. The Balaban J connectivity index is 0.000000383. The van der Waals surface area contributed by atoms with E-state index in [1.54, 1.807) is 0 Å². The topological polar surface area (TPSA) is 50.2 Å². The van der Waals surface area contributed by atoms with E-state index in [-0.39, 0.29) is 37.1 Å². The zero-order valence-corrected chi connectivity index (χ0v) is 25.5. The summed E-state index contributed by atoms with van der Waals surface area (Å²) in [5.41, 5.74) is 7.58. The standard InChI is InChI=1S/C20H20N.C11H20O2.Ir/c1-12-6-7-17-16(5)11-21-20(19(17)8-12)18-10-14(3)13(2)9-15(18)4;1-10(2,3)8(12)7-9(13)11(4,5)6;/h6-9,11H,1-5H3;7,12H,1-6H3;/q-1;;/b;8-7-;. The van der Waals surface area contributed by atoms with Gasteiger partial charge in [-0.25, -0.2) is 0 Å². The molecule has 1 radical (unpaired) electrons. The molecule has 4 heteroatoms. The molecule has 0 bridgehead atoms. The second-order valence-corrected chi connectivity index (χ2v) is 11.4. The fourth-order valence-electron chi connectivity index (χ4n) is 3.39. The number of aryl methyl sites for hydroxylation is 5. The summed E-state index contributed by atoms with van der Waals surface area (Å²) in [6.45, 7) is 21.7. The molecule has 3 rings (SSSR count). The van der Waals surface area contributed by atoms with E-state index in [2.05, 4.69) is 65.0 Å². The third-order valence-electron chi connectivity index (χ3n) is 5.99. The molecule has 1 N–H and O–H groups in total. The zero-order chi connectivity index (χ0) is 26.0. The van der Waals surface area contributed by atoms with Gasteiger partial charge in [-0.2, -0.15) is 0 Å². The molecule has 0 amide bonds. The maximum atomic E-state index is 11.5. The van der Waals surface area contributed by atoms with E-state index in [4.69, 9.17) is 4.98 Å². The average Bonchev–Trinajstić information content (AvgIpc) is 2.70. The molecule has 0 fully saturated rings. The van der Waals surface area contributed by atoms with Gasteiger partial charge in [-0.15, -0.1) is 34.4 Å². The average molecular weight is 651 g/mol. The number of carbonyl (C=O) groups excluding carboxylic acids is 1. The molecule has 0 unspecified atom stereocenters. The molecule has 0 spiro atoms. The number of pyridine rings is 1. The Morgan fingerprint density at radius 2 is 1.46 bits per heavy atom. The van der Waals surface area contributed by atoms with E-state index in [1.807, 2.05) is 47.7 Å². The van der Waals surface area contributed by atoms with Crippen LogP contribution in [0.15, 0.2) is 42.3 Å². The van der Waals surface area contributed by atoms with Crippen molar-refractivity contribution in [1.82, 2.24) is 4.98 Å². The molecule has 2 aromatic carbocycles. The van der Waals surface area contributed by atoms with Crippen molar-refractivity contribution in [3.05, 3.63) is 76.2 Å². The molecule has 0 aliphatic rings. The third-order valence-corrected chi connectivity index (χ3v) is 5.99. The molecule has 0 saturated carbocycles. The van der Waals surface area contributed by atoms with Crippen LogP contribution in [0.5, 0.6) is 0 Å². The van der Waals surface area contributed by atoms with Crippen molar-refractivity contribution in [2.75, 3.05) is 0 Å². The van der Waals surface area contributed by atoms with Crippen LogP contribution >= 0.6 is 0 Å². The molecule has 35 heavy (non-hydrogen) atoms. The predicted molar refractivity (Wildman–Crippen MR) is 144 cm³/mol. The minimum atomic E-state index is -0.417. The number of ketones is 1. The van der Waals surface area contributed by atoms with E-state index in [9.17, 15) is 9.90 Å². The molecular formula is C31H40IrNO2-. The van der Waals surface area contributed by atoms with Crippen LogP contribution in [0.2, 0.25) is 0 Å². The Kier molecular flexibility index (Phi) is 10.2. The Bertz CT molecular complexity index is 1240. The number of aromatic nitrogens is 1. The first-order chi connectivity index (χ1) is 15.5. The molecule has 0 atom stereocenters. The number of nitrogens with zero attached hydrogens (tertiary/aromatic N) is 1. The van der Waals surface area contributed by atoms with Crippen molar-refractivity contribution in [3.63, 3.8) is 0 Å². The van der Waals surface area contributed by atoms with Gasteiger partial charge in [-0.05, 0) is 35.9 Å². The number of allylic oxidation sites excluding steroid dienone is 2. The quantitative estimate of drug-likeness (QED) is 0.172. The van der Waals surface area contributed by atoms with Crippen molar-refractivity contribution in [2.24, 2.45) is 10.8 Å². The van der Waals surface area contributed by atoms with Crippen LogP contribution in [-0.2, 0) is 24.9 Å². The van der Waals surface area contributed by atoms with Crippen LogP contribution in [0.1, 0.15) is 69.4 Å². The number of aliphatic hydroxyl groups is 1. The van der Waals surface area contributed by atoms with E-state index in [1.165, 1.54) is 44.7 Å². The monoisotopic (exact) mass is 651 g/mol. The fraction of sp³-hybridized carbons (Fsp3) is 0.419. The molecule has 0 saturated heterocycles. The number of carbonyl (C=O) groups is 1. The summed E-state index contributed by atoms with van der Waals surface area (Å²) in [7, 11) is 0. The fourth-order valence-corrected chi connectivity index (χ4v) is 3.39. The molecule has 0 aliphatic heterocycles. The van der Waals surface area contributed by atoms with E-state index in [0.29, 0.717) is 0 Å². The van der Waals surface area contributed by atoms with Crippen molar-refractivity contribution < 1.29 is 30.0 Å². The Hall–Kier alpha value is -2.29. The van der Waals surface area contributed by atoms with E-state index >= 15 is 0 Å². The maximum Gasteiger partial charge on any atom is 0.164 e. The zero-order valence-electron chi connectivity index (χ0n) is 23.1. The Labute approximate surface area is 225 Å². The largest absolute Gasteiger partial charge is 0.512 e. The smallest absolute Gasteiger partial charge is 0.164 e. The Morgan fingerprint density at radius 3 is 2.00 bits per heavy atom. The summed E-state index contributed by atoms with van der Waals surface area (Å²) in [4.78, 5) is 16.2. The van der Waals surface area contributed by atoms with Gasteiger partial charge < -0.3 is 10.1 Å². The normalized spacial score (nSPS) is 12.0. The summed E-state index contributed by atoms with van der Waals surface area (Å²) in [6, 6.07) is 12.3.